The van der Waals surface area contributed by atoms with Crippen molar-refractivity contribution in [3.05, 3.63) is 29.8 Å². The van der Waals surface area contributed by atoms with Gasteiger partial charge in [-0.1, -0.05) is 37.5 Å². The fourth-order valence-electron chi connectivity index (χ4n) is 3.18. The summed E-state index contributed by atoms with van der Waals surface area (Å²) < 4.78 is 0. The molecule has 1 aromatic rings. The molecule has 4 nitrogen and oxygen atoms in total. The Bertz CT molecular complexity index is 532. The molecular weight excluding hydrogens is 250 g/mol. The molecule has 1 unspecified atom stereocenters. The molecule has 1 aromatic carbocycles. The molecule has 1 amide bonds. The van der Waals surface area contributed by atoms with Crippen LogP contribution in [0.2, 0.25) is 0 Å². The molecule has 0 spiro atoms. The van der Waals surface area contributed by atoms with Crippen molar-refractivity contribution in [2.45, 2.75) is 38.3 Å². The van der Waals surface area contributed by atoms with Crippen molar-refractivity contribution in [1.29, 1.82) is 0 Å². The molecule has 0 bridgehead atoms. The quantitative estimate of drug-likeness (QED) is 0.868. The van der Waals surface area contributed by atoms with Crippen LogP contribution < -0.4 is 10.6 Å². The maximum atomic E-state index is 12.2. The first-order chi connectivity index (χ1) is 9.79. The number of nitrogens with zero attached hydrogens (tertiary/aromatic N) is 1. The van der Waals surface area contributed by atoms with E-state index in [1.807, 2.05) is 18.2 Å². The van der Waals surface area contributed by atoms with E-state index in [1.54, 1.807) is 7.05 Å². The van der Waals surface area contributed by atoms with Crippen molar-refractivity contribution in [3.8, 4) is 0 Å². The van der Waals surface area contributed by atoms with Gasteiger partial charge in [0.2, 0.25) is 0 Å². The second kappa shape index (κ2) is 5.75. The van der Waals surface area contributed by atoms with E-state index in [0.29, 0.717) is 5.92 Å². The Balaban J connectivity index is 2.04. The second-order valence-electron chi connectivity index (χ2n) is 5.58. The fraction of sp³-hybridized carbons (Fsp3) is 0.500. The molecule has 1 fully saturated rings. The molecular formula is C16H21N3O. The topological polar surface area (TPSA) is 53.5 Å². The van der Waals surface area contributed by atoms with Gasteiger partial charge in [-0.25, -0.2) is 0 Å². The van der Waals surface area contributed by atoms with Crippen molar-refractivity contribution in [1.82, 2.24) is 5.32 Å². The van der Waals surface area contributed by atoms with Crippen LogP contribution in [-0.4, -0.2) is 24.8 Å². The lowest BCUT2D eigenvalue weighted by Gasteiger charge is -2.24. The Hall–Kier alpha value is -1.68. The van der Waals surface area contributed by atoms with E-state index in [1.165, 1.54) is 32.1 Å². The zero-order chi connectivity index (χ0) is 13.9. The minimum atomic E-state index is -0.487. The highest BCUT2D eigenvalue weighted by Crippen LogP contribution is 2.31. The van der Waals surface area contributed by atoms with E-state index in [0.717, 1.165) is 17.0 Å². The van der Waals surface area contributed by atoms with Crippen LogP contribution in [-0.2, 0) is 4.79 Å². The number of hydrogen-bond donors (Lipinski definition) is 2. The standard InChI is InChI=1S/C16H21N3O/c1-17-15-16(20)18-13-10-6-5-9-12(13)14(19-15)11-7-3-2-4-8-11/h5-6,9-11,15,17H,2-4,7-8H2,1H3,(H,18,20). The number of benzene rings is 1. The number of hydrogen-bond acceptors (Lipinski definition) is 3. The molecule has 1 aliphatic heterocycles. The van der Waals surface area contributed by atoms with Crippen LogP contribution in [0.1, 0.15) is 37.7 Å². The molecule has 0 saturated heterocycles. The molecule has 0 aromatic heterocycles. The Morgan fingerprint density at radius 3 is 2.70 bits per heavy atom. The number of rotatable bonds is 2. The average Bonchev–Trinajstić information content (AvgIpc) is 2.64. The molecule has 4 heteroatoms. The van der Waals surface area contributed by atoms with Crippen LogP contribution in [0, 0.1) is 5.92 Å². The first kappa shape index (κ1) is 13.3. The highest BCUT2D eigenvalue weighted by Gasteiger charge is 2.28. The van der Waals surface area contributed by atoms with Gasteiger partial charge in [-0.2, -0.15) is 0 Å². The Labute approximate surface area is 119 Å². The smallest absolute Gasteiger partial charge is 0.263 e. The van der Waals surface area contributed by atoms with Crippen molar-refractivity contribution in [2.75, 3.05) is 12.4 Å². The van der Waals surface area contributed by atoms with Gasteiger partial charge < -0.3 is 5.32 Å². The average molecular weight is 271 g/mol. The van der Waals surface area contributed by atoms with Gasteiger partial charge in [0.05, 0.1) is 0 Å². The van der Waals surface area contributed by atoms with E-state index in [2.05, 4.69) is 16.7 Å². The Morgan fingerprint density at radius 1 is 1.20 bits per heavy atom. The fourth-order valence-corrected chi connectivity index (χ4v) is 3.18. The van der Waals surface area contributed by atoms with Gasteiger partial charge >= 0.3 is 0 Å². The van der Waals surface area contributed by atoms with Crippen LogP contribution in [0.5, 0.6) is 0 Å². The van der Waals surface area contributed by atoms with Crippen LogP contribution in [0.4, 0.5) is 5.69 Å². The predicted molar refractivity (Wildman–Crippen MR) is 81.0 cm³/mol. The number of fused-ring (bicyclic) bond motifs is 1. The van der Waals surface area contributed by atoms with Crippen LogP contribution in [0.15, 0.2) is 29.3 Å². The number of likely N-dealkylation sites (N-methyl/N-ethyl adjacent to an activating group) is 1. The van der Waals surface area contributed by atoms with E-state index < -0.39 is 6.17 Å². The summed E-state index contributed by atoms with van der Waals surface area (Å²) in [5.41, 5.74) is 3.07. The molecule has 1 saturated carbocycles. The molecule has 3 rings (SSSR count). The summed E-state index contributed by atoms with van der Waals surface area (Å²) in [6.45, 7) is 0. The summed E-state index contributed by atoms with van der Waals surface area (Å²) >= 11 is 0. The van der Waals surface area contributed by atoms with E-state index >= 15 is 0 Å². The van der Waals surface area contributed by atoms with Gasteiger partial charge in [0.15, 0.2) is 6.17 Å². The van der Waals surface area contributed by atoms with E-state index in [-0.39, 0.29) is 5.91 Å². The number of nitrogens with one attached hydrogen (secondary N) is 2. The molecule has 20 heavy (non-hydrogen) atoms. The third-order valence-corrected chi connectivity index (χ3v) is 4.24. The summed E-state index contributed by atoms with van der Waals surface area (Å²) in [6.07, 6.45) is 5.71. The largest absolute Gasteiger partial charge is 0.322 e. The molecule has 2 aliphatic rings. The number of amides is 1. The van der Waals surface area contributed by atoms with Crippen molar-refractivity contribution in [3.63, 3.8) is 0 Å². The van der Waals surface area contributed by atoms with Gasteiger partial charge in [0.1, 0.15) is 0 Å². The number of benzodiazepines with no additional fused rings is 1. The normalized spacial score (nSPS) is 23.6. The lowest BCUT2D eigenvalue weighted by atomic mass is 9.83. The zero-order valence-corrected chi connectivity index (χ0v) is 11.9. The Kier molecular flexibility index (Phi) is 3.83. The third-order valence-electron chi connectivity index (χ3n) is 4.24. The molecule has 1 aliphatic carbocycles. The van der Waals surface area contributed by atoms with Gasteiger partial charge in [-0.3, -0.25) is 15.1 Å². The summed E-state index contributed by atoms with van der Waals surface area (Å²) in [7, 11) is 1.78. The molecule has 1 heterocycles. The Morgan fingerprint density at radius 2 is 1.95 bits per heavy atom. The second-order valence-corrected chi connectivity index (χ2v) is 5.58. The van der Waals surface area contributed by atoms with Gasteiger partial charge in [-0.05, 0) is 26.0 Å². The van der Waals surface area contributed by atoms with Gasteiger partial charge in [0, 0.05) is 22.9 Å². The van der Waals surface area contributed by atoms with Crippen LogP contribution >= 0.6 is 0 Å². The maximum absolute atomic E-state index is 12.2. The minimum absolute atomic E-state index is 0.0780. The first-order valence-corrected chi connectivity index (χ1v) is 7.45. The highest BCUT2D eigenvalue weighted by molar-refractivity contribution is 6.12. The summed E-state index contributed by atoms with van der Waals surface area (Å²) in [5.74, 6) is 0.402. The van der Waals surface area contributed by atoms with Crippen molar-refractivity contribution >= 4 is 17.3 Å². The maximum Gasteiger partial charge on any atom is 0.263 e. The predicted octanol–water partition coefficient (Wildman–Crippen LogP) is 2.55. The van der Waals surface area contributed by atoms with E-state index in [4.69, 9.17) is 4.99 Å². The number of aliphatic imine (C=N–C) groups is 1. The number of para-hydroxylation sites is 1. The molecule has 0 radical (unpaired) electrons. The van der Waals surface area contributed by atoms with E-state index in [9.17, 15) is 4.79 Å². The van der Waals surface area contributed by atoms with Crippen molar-refractivity contribution < 1.29 is 4.79 Å². The van der Waals surface area contributed by atoms with Crippen molar-refractivity contribution in [2.24, 2.45) is 10.9 Å². The molecule has 1 atom stereocenters. The first-order valence-electron chi connectivity index (χ1n) is 7.45. The summed E-state index contributed by atoms with van der Waals surface area (Å²) in [6, 6.07) is 8.01. The highest BCUT2D eigenvalue weighted by atomic mass is 16.2. The lowest BCUT2D eigenvalue weighted by molar-refractivity contribution is -0.117. The number of carbonyl (C=O) groups excluding carboxylic acids is 1. The number of carbonyl (C=O) groups is 1. The number of anilines is 1. The SMILES string of the molecule is CNC1N=C(C2CCCCC2)c2ccccc2NC1=O. The third kappa shape index (κ3) is 2.48. The lowest BCUT2D eigenvalue weighted by Crippen LogP contribution is -2.36. The molecule has 2 N–H and O–H groups in total. The summed E-state index contributed by atoms with van der Waals surface area (Å²) in [5, 5.41) is 5.97. The van der Waals surface area contributed by atoms with Gasteiger partial charge in [-0.15, -0.1) is 0 Å². The van der Waals surface area contributed by atoms with Crippen LogP contribution in [0.3, 0.4) is 0 Å². The summed E-state index contributed by atoms with van der Waals surface area (Å²) in [4.78, 5) is 16.9. The zero-order valence-electron chi connectivity index (χ0n) is 11.9. The minimum Gasteiger partial charge on any atom is -0.322 e. The monoisotopic (exact) mass is 271 g/mol. The van der Waals surface area contributed by atoms with Gasteiger partial charge in [0.25, 0.3) is 5.91 Å². The molecule has 106 valence electrons. The van der Waals surface area contributed by atoms with Crippen LogP contribution in [0.25, 0.3) is 0 Å².